The van der Waals surface area contributed by atoms with Gasteiger partial charge in [0.1, 0.15) is 4.90 Å². The van der Waals surface area contributed by atoms with Crippen LogP contribution in [0.25, 0.3) is 0 Å². The van der Waals surface area contributed by atoms with Crippen LogP contribution in [0.5, 0.6) is 0 Å². The normalized spacial score (nSPS) is 14.9. The maximum atomic E-state index is 12.0. The lowest BCUT2D eigenvalue weighted by Crippen LogP contribution is -2.15. The van der Waals surface area contributed by atoms with Crippen molar-refractivity contribution in [3.63, 3.8) is 0 Å². The van der Waals surface area contributed by atoms with Crippen LogP contribution < -0.4 is 5.32 Å². The highest BCUT2D eigenvalue weighted by molar-refractivity contribution is 7.90. The minimum Gasteiger partial charge on any atom is -0.465 e. The fraction of sp³-hybridized carbons (Fsp3) is 0.0667. The van der Waals surface area contributed by atoms with E-state index in [1.165, 1.54) is 13.2 Å². The van der Waals surface area contributed by atoms with Gasteiger partial charge in [-0.2, -0.15) is 8.42 Å². The third-order valence-electron chi connectivity index (χ3n) is 3.22. The molecule has 6 nitrogen and oxygen atoms in total. The quantitative estimate of drug-likeness (QED) is 0.857. The molecule has 22 heavy (non-hydrogen) atoms. The molecule has 2 aromatic carbocycles. The first-order chi connectivity index (χ1) is 10.5. The monoisotopic (exact) mass is 316 g/mol. The number of para-hydroxylation sites is 1. The first-order valence-electron chi connectivity index (χ1n) is 6.41. The van der Waals surface area contributed by atoms with E-state index in [1.807, 2.05) is 0 Å². The van der Waals surface area contributed by atoms with Gasteiger partial charge in [-0.3, -0.25) is 0 Å². The molecule has 0 aromatic heterocycles. The van der Waals surface area contributed by atoms with Crippen molar-refractivity contribution < 1.29 is 17.9 Å². The molecule has 0 saturated heterocycles. The number of carbonyl (C=O) groups is 1. The fourth-order valence-corrected chi connectivity index (χ4v) is 3.38. The Labute approximate surface area is 127 Å². The van der Waals surface area contributed by atoms with Crippen molar-refractivity contribution in [2.75, 3.05) is 12.4 Å². The summed E-state index contributed by atoms with van der Waals surface area (Å²) in [6, 6.07) is 13.2. The first kappa shape index (κ1) is 14.3. The van der Waals surface area contributed by atoms with Gasteiger partial charge in [-0.1, -0.05) is 24.3 Å². The number of anilines is 1. The standard InChI is InChI=1S/C15H12N2O4S/c1-21-15(18)10-6-2-4-8-12(10)16-14-11-7-3-5-9-13(11)22(19,20)17-14/h2-9H,1H3,(H,16,17). The van der Waals surface area contributed by atoms with Crippen molar-refractivity contribution in [1.82, 2.24) is 0 Å². The minimum atomic E-state index is -3.70. The number of rotatable bonds is 2. The molecule has 1 N–H and O–H groups in total. The van der Waals surface area contributed by atoms with Gasteiger partial charge in [0.15, 0.2) is 5.84 Å². The molecule has 0 atom stereocenters. The number of esters is 1. The molecular weight excluding hydrogens is 304 g/mol. The van der Waals surface area contributed by atoms with Crippen LogP contribution in [0.3, 0.4) is 0 Å². The van der Waals surface area contributed by atoms with Gasteiger partial charge in [-0.05, 0) is 24.3 Å². The van der Waals surface area contributed by atoms with E-state index in [2.05, 4.69) is 9.71 Å². The van der Waals surface area contributed by atoms with Crippen LogP contribution in [-0.4, -0.2) is 27.3 Å². The molecule has 112 valence electrons. The van der Waals surface area contributed by atoms with E-state index in [0.717, 1.165) is 0 Å². The van der Waals surface area contributed by atoms with E-state index in [-0.39, 0.29) is 10.7 Å². The summed E-state index contributed by atoms with van der Waals surface area (Å²) in [7, 11) is -2.42. The number of hydrogen-bond donors (Lipinski definition) is 1. The number of amidine groups is 1. The van der Waals surface area contributed by atoms with Gasteiger partial charge in [0.05, 0.1) is 18.4 Å². The average Bonchev–Trinajstić information content (AvgIpc) is 2.78. The SMILES string of the molecule is COC(=O)c1ccccc1NC1=NS(=O)(=O)c2ccccc21. The molecule has 7 heteroatoms. The Hall–Kier alpha value is -2.67. The predicted octanol–water partition coefficient (Wildman–Crippen LogP) is 2.03. The summed E-state index contributed by atoms with van der Waals surface area (Å²) in [5.41, 5.74) is 1.21. The summed E-state index contributed by atoms with van der Waals surface area (Å²) in [5, 5.41) is 2.91. The highest BCUT2D eigenvalue weighted by Crippen LogP contribution is 2.27. The minimum absolute atomic E-state index is 0.146. The molecule has 0 spiro atoms. The van der Waals surface area contributed by atoms with Crippen molar-refractivity contribution in [2.24, 2.45) is 4.40 Å². The van der Waals surface area contributed by atoms with E-state index >= 15 is 0 Å². The summed E-state index contributed by atoms with van der Waals surface area (Å²) < 4.78 is 32.5. The number of nitrogens with one attached hydrogen (secondary N) is 1. The number of methoxy groups -OCH3 is 1. The summed E-state index contributed by atoms with van der Waals surface area (Å²) in [5.74, 6) is -0.329. The molecule has 1 aliphatic heterocycles. The molecular formula is C15H12N2O4S. The average molecular weight is 316 g/mol. The van der Waals surface area contributed by atoms with Gasteiger partial charge in [0, 0.05) is 5.56 Å². The molecule has 0 bridgehead atoms. The van der Waals surface area contributed by atoms with Gasteiger partial charge in [0.25, 0.3) is 10.0 Å². The zero-order chi connectivity index (χ0) is 15.7. The Kier molecular flexibility index (Phi) is 3.42. The molecule has 0 saturated carbocycles. The predicted molar refractivity (Wildman–Crippen MR) is 81.6 cm³/mol. The Morgan fingerprint density at radius 3 is 2.55 bits per heavy atom. The lowest BCUT2D eigenvalue weighted by Gasteiger charge is -2.10. The molecule has 0 amide bonds. The zero-order valence-corrected chi connectivity index (χ0v) is 12.4. The molecule has 0 unspecified atom stereocenters. The number of ether oxygens (including phenoxy) is 1. The second kappa shape index (κ2) is 5.27. The first-order valence-corrected chi connectivity index (χ1v) is 7.85. The molecule has 0 aliphatic carbocycles. The van der Waals surface area contributed by atoms with E-state index in [9.17, 15) is 13.2 Å². The third kappa shape index (κ3) is 2.35. The lowest BCUT2D eigenvalue weighted by atomic mass is 10.1. The number of benzene rings is 2. The van der Waals surface area contributed by atoms with Crippen LogP contribution in [-0.2, 0) is 14.8 Å². The highest BCUT2D eigenvalue weighted by atomic mass is 32.2. The summed E-state index contributed by atoms with van der Waals surface area (Å²) in [6.45, 7) is 0. The van der Waals surface area contributed by atoms with Crippen LogP contribution in [0.15, 0.2) is 57.8 Å². The van der Waals surface area contributed by atoms with Crippen molar-refractivity contribution in [3.8, 4) is 0 Å². The summed E-state index contributed by atoms with van der Waals surface area (Å²) >= 11 is 0. The molecule has 0 fully saturated rings. The van der Waals surface area contributed by atoms with Crippen LogP contribution >= 0.6 is 0 Å². The van der Waals surface area contributed by atoms with Gasteiger partial charge in [0.2, 0.25) is 0 Å². The Bertz CT molecular complexity index is 888. The van der Waals surface area contributed by atoms with Crippen molar-refractivity contribution >= 4 is 27.5 Å². The van der Waals surface area contributed by atoms with Crippen LogP contribution in [0.1, 0.15) is 15.9 Å². The number of carbonyl (C=O) groups excluding carboxylic acids is 1. The molecule has 1 heterocycles. The second-order valence-electron chi connectivity index (χ2n) is 4.57. The second-order valence-corrected chi connectivity index (χ2v) is 6.15. The number of nitrogens with zero attached hydrogens (tertiary/aromatic N) is 1. The maximum absolute atomic E-state index is 12.0. The number of fused-ring (bicyclic) bond motifs is 1. The van der Waals surface area contributed by atoms with Crippen LogP contribution in [0, 0.1) is 0 Å². The Morgan fingerprint density at radius 1 is 1.09 bits per heavy atom. The molecule has 1 aliphatic rings. The Balaban J connectivity index is 2.04. The number of hydrogen-bond acceptors (Lipinski definition) is 5. The Morgan fingerprint density at radius 2 is 1.77 bits per heavy atom. The van der Waals surface area contributed by atoms with Crippen LogP contribution in [0.4, 0.5) is 5.69 Å². The van der Waals surface area contributed by atoms with E-state index in [4.69, 9.17) is 4.74 Å². The van der Waals surface area contributed by atoms with Crippen molar-refractivity contribution in [3.05, 3.63) is 59.7 Å². The van der Waals surface area contributed by atoms with Crippen LogP contribution in [0.2, 0.25) is 0 Å². The van der Waals surface area contributed by atoms with Crippen molar-refractivity contribution in [2.45, 2.75) is 4.90 Å². The lowest BCUT2D eigenvalue weighted by molar-refractivity contribution is 0.0602. The van der Waals surface area contributed by atoms with Gasteiger partial charge in [-0.25, -0.2) is 4.79 Å². The number of sulfonamides is 1. The van der Waals surface area contributed by atoms with E-state index in [1.54, 1.807) is 42.5 Å². The zero-order valence-electron chi connectivity index (χ0n) is 11.6. The summed E-state index contributed by atoms with van der Waals surface area (Å²) in [4.78, 5) is 11.9. The highest BCUT2D eigenvalue weighted by Gasteiger charge is 2.29. The smallest absolute Gasteiger partial charge is 0.339 e. The van der Waals surface area contributed by atoms with E-state index in [0.29, 0.717) is 16.8 Å². The van der Waals surface area contributed by atoms with Gasteiger partial charge >= 0.3 is 5.97 Å². The van der Waals surface area contributed by atoms with Crippen molar-refractivity contribution in [1.29, 1.82) is 0 Å². The topological polar surface area (TPSA) is 84.8 Å². The third-order valence-corrected chi connectivity index (χ3v) is 4.55. The molecule has 0 radical (unpaired) electrons. The van der Waals surface area contributed by atoms with Gasteiger partial charge < -0.3 is 10.1 Å². The molecule has 3 rings (SSSR count). The van der Waals surface area contributed by atoms with E-state index < -0.39 is 16.0 Å². The molecule has 2 aromatic rings. The maximum Gasteiger partial charge on any atom is 0.339 e. The van der Waals surface area contributed by atoms with Gasteiger partial charge in [-0.15, -0.1) is 4.40 Å². The fourth-order valence-electron chi connectivity index (χ4n) is 2.20. The summed E-state index contributed by atoms with van der Waals surface area (Å²) in [6.07, 6.45) is 0. The largest absolute Gasteiger partial charge is 0.465 e.